The van der Waals surface area contributed by atoms with E-state index in [0.29, 0.717) is 13.2 Å². The minimum absolute atomic E-state index is 0.132. The summed E-state index contributed by atoms with van der Waals surface area (Å²) in [4.78, 5) is 0. The fourth-order valence-corrected chi connectivity index (χ4v) is 1.97. The van der Waals surface area contributed by atoms with Gasteiger partial charge in [0.15, 0.2) is 0 Å². The van der Waals surface area contributed by atoms with E-state index in [2.05, 4.69) is 19.2 Å². The number of hydrogen-bond donors (Lipinski definition) is 2. The van der Waals surface area contributed by atoms with Gasteiger partial charge in [-0.2, -0.15) is 0 Å². The Hall–Kier alpha value is -0.160. The Morgan fingerprint density at radius 2 is 1.89 bits per heavy atom. The zero-order valence-corrected chi connectivity index (χ0v) is 12.5. The van der Waals surface area contributed by atoms with Crippen LogP contribution in [-0.4, -0.2) is 49.7 Å². The molecule has 0 aliphatic heterocycles. The number of hydrogen-bond acceptors (Lipinski definition) is 4. The molecule has 0 aliphatic rings. The summed E-state index contributed by atoms with van der Waals surface area (Å²) in [7, 11) is 0. The molecule has 0 rings (SSSR count). The van der Waals surface area contributed by atoms with Gasteiger partial charge < -0.3 is 19.9 Å². The highest BCUT2D eigenvalue weighted by Gasteiger charge is 2.25. The molecule has 110 valence electrons. The molecule has 0 amide bonds. The fourth-order valence-electron chi connectivity index (χ4n) is 1.97. The molecular formula is C14H31NO3. The van der Waals surface area contributed by atoms with Crippen molar-refractivity contribution in [1.29, 1.82) is 0 Å². The second-order valence-corrected chi connectivity index (χ2v) is 4.96. The normalized spacial score (nSPS) is 15.0. The number of aliphatic hydroxyl groups is 1. The standard InChI is InChI=1S/C14H31NO3/c1-5-14(12-16,15-6-2)8-7-9-17-10-11-18-13(3)4/h13,15-16H,5-12H2,1-4H3. The molecule has 0 heterocycles. The lowest BCUT2D eigenvalue weighted by Crippen LogP contribution is -2.48. The summed E-state index contributed by atoms with van der Waals surface area (Å²) < 4.78 is 10.9. The van der Waals surface area contributed by atoms with E-state index >= 15 is 0 Å². The van der Waals surface area contributed by atoms with Crippen LogP contribution in [0, 0.1) is 0 Å². The molecular weight excluding hydrogens is 230 g/mol. The SMILES string of the molecule is CCNC(CC)(CO)CCCOCCOC(C)C. The van der Waals surface area contributed by atoms with Gasteiger partial charge in [-0.1, -0.05) is 13.8 Å². The van der Waals surface area contributed by atoms with Crippen LogP contribution < -0.4 is 5.32 Å². The maximum Gasteiger partial charge on any atom is 0.0703 e. The van der Waals surface area contributed by atoms with Crippen LogP contribution in [0.4, 0.5) is 0 Å². The molecule has 0 aromatic heterocycles. The first-order valence-electron chi connectivity index (χ1n) is 7.15. The van der Waals surface area contributed by atoms with Crippen LogP contribution in [0.2, 0.25) is 0 Å². The summed E-state index contributed by atoms with van der Waals surface area (Å²) in [6.07, 6.45) is 3.11. The topological polar surface area (TPSA) is 50.7 Å². The van der Waals surface area contributed by atoms with Gasteiger partial charge >= 0.3 is 0 Å². The first kappa shape index (κ1) is 17.8. The zero-order valence-electron chi connectivity index (χ0n) is 12.5. The average Bonchev–Trinajstić information content (AvgIpc) is 2.36. The van der Waals surface area contributed by atoms with E-state index in [1.165, 1.54) is 0 Å². The average molecular weight is 261 g/mol. The number of likely N-dealkylation sites (N-methyl/N-ethyl adjacent to an activating group) is 1. The quantitative estimate of drug-likeness (QED) is 0.527. The van der Waals surface area contributed by atoms with Crippen LogP contribution in [0.1, 0.15) is 47.0 Å². The van der Waals surface area contributed by atoms with Gasteiger partial charge in [-0.15, -0.1) is 0 Å². The Kier molecular flexibility index (Phi) is 10.6. The molecule has 2 N–H and O–H groups in total. The Balaban J connectivity index is 3.61. The van der Waals surface area contributed by atoms with Crippen LogP contribution in [0.5, 0.6) is 0 Å². The third kappa shape index (κ3) is 8.03. The van der Waals surface area contributed by atoms with E-state index in [1.807, 2.05) is 13.8 Å². The van der Waals surface area contributed by atoms with Gasteiger partial charge in [-0.25, -0.2) is 0 Å². The van der Waals surface area contributed by atoms with Crippen molar-refractivity contribution in [1.82, 2.24) is 5.32 Å². The van der Waals surface area contributed by atoms with Crippen molar-refractivity contribution < 1.29 is 14.6 Å². The maximum absolute atomic E-state index is 9.49. The van der Waals surface area contributed by atoms with Crippen molar-refractivity contribution in [3.8, 4) is 0 Å². The van der Waals surface area contributed by atoms with Gasteiger partial charge in [0.1, 0.15) is 0 Å². The second-order valence-electron chi connectivity index (χ2n) is 4.96. The molecule has 4 heteroatoms. The van der Waals surface area contributed by atoms with Crippen molar-refractivity contribution in [2.75, 3.05) is 33.0 Å². The predicted molar refractivity (Wildman–Crippen MR) is 74.9 cm³/mol. The lowest BCUT2D eigenvalue weighted by Gasteiger charge is -2.31. The van der Waals surface area contributed by atoms with Gasteiger partial charge in [-0.05, 0) is 39.7 Å². The third-order valence-electron chi connectivity index (χ3n) is 3.15. The smallest absolute Gasteiger partial charge is 0.0703 e. The third-order valence-corrected chi connectivity index (χ3v) is 3.15. The van der Waals surface area contributed by atoms with E-state index in [9.17, 15) is 5.11 Å². The first-order chi connectivity index (χ1) is 8.60. The van der Waals surface area contributed by atoms with Crippen LogP contribution in [0.25, 0.3) is 0 Å². The minimum Gasteiger partial charge on any atom is -0.394 e. The van der Waals surface area contributed by atoms with E-state index < -0.39 is 0 Å². The van der Waals surface area contributed by atoms with Crippen LogP contribution in [0.3, 0.4) is 0 Å². The maximum atomic E-state index is 9.49. The van der Waals surface area contributed by atoms with E-state index in [-0.39, 0.29) is 18.2 Å². The molecule has 0 bridgehead atoms. The molecule has 4 nitrogen and oxygen atoms in total. The predicted octanol–water partition coefficient (Wildman–Crippen LogP) is 1.96. The van der Waals surface area contributed by atoms with Gasteiger partial charge in [0.25, 0.3) is 0 Å². The van der Waals surface area contributed by atoms with Crippen molar-refractivity contribution >= 4 is 0 Å². The van der Waals surface area contributed by atoms with Gasteiger partial charge in [0.05, 0.1) is 25.9 Å². The van der Waals surface area contributed by atoms with Gasteiger partial charge in [0.2, 0.25) is 0 Å². The summed E-state index contributed by atoms with van der Waals surface area (Å²) in [6, 6.07) is 0. The van der Waals surface area contributed by atoms with Crippen LogP contribution in [0.15, 0.2) is 0 Å². The van der Waals surface area contributed by atoms with E-state index in [1.54, 1.807) is 0 Å². The molecule has 0 aliphatic carbocycles. The lowest BCUT2D eigenvalue weighted by atomic mass is 9.91. The lowest BCUT2D eigenvalue weighted by molar-refractivity contribution is 0.0163. The largest absolute Gasteiger partial charge is 0.394 e. The van der Waals surface area contributed by atoms with Crippen molar-refractivity contribution in [2.24, 2.45) is 0 Å². The highest BCUT2D eigenvalue weighted by atomic mass is 16.5. The Bertz CT molecular complexity index is 182. The molecule has 0 saturated carbocycles. The van der Waals surface area contributed by atoms with Gasteiger partial charge in [0, 0.05) is 12.1 Å². The van der Waals surface area contributed by atoms with E-state index in [4.69, 9.17) is 9.47 Å². The summed E-state index contributed by atoms with van der Waals surface area (Å²) in [5.74, 6) is 0. The summed E-state index contributed by atoms with van der Waals surface area (Å²) in [6.45, 7) is 11.3. The number of nitrogens with one attached hydrogen (secondary N) is 1. The number of ether oxygens (including phenoxy) is 2. The zero-order chi connectivity index (χ0) is 13.9. The second kappa shape index (κ2) is 10.7. The minimum atomic E-state index is -0.132. The molecule has 0 radical (unpaired) electrons. The molecule has 0 aromatic rings. The highest BCUT2D eigenvalue weighted by Crippen LogP contribution is 2.16. The van der Waals surface area contributed by atoms with Crippen molar-refractivity contribution in [3.63, 3.8) is 0 Å². The van der Waals surface area contributed by atoms with Crippen LogP contribution in [-0.2, 0) is 9.47 Å². The molecule has 0 fully saturated rings. The van der Waals surface area contributed by atoms with Crippen molar-refractivity contribution in [2.45, 2.75) is 58.6 Å². The molecule has 0 aromatic carbocycles. The molecule has 0 saturated heterocycles. The Morgan fingerprint density at radius 1 is 1.17 bits per heavy atom. The van der Waals surface area contributed by atoms with Crippen LogP contribution >= 0.6 is 0 Å². The summed E-state index contributed by atoms with van der Waals surface area (Å²) >= 11 is 0. The highest BCUT2D eigenvalue weighted by molar-refractivity contribution is 4.85. The molecule has 18 heavy (non-hydrogen) atoms. The Labute approximate surface area is 112 Å². The fraction of sp³-hybridized carbons (Fsp3) is 1.00. The molecule has 1 unspecified atom stereocenters. The number of aliphatic hydroxyl groups excluding tert-OH is 1. The molecule has 1 atom stereocenters. The Morgan fingerprint density at radius 3 is 2.39 bits per heavy atom. The molecule has 0 spiro atoms. The van der Waals surface area contributed by atoms with Crippen molar-refractivity contribution in [3.05, 3.63) is 0 Å². The first-order valence-corrected chi connectivity index (χ1v) is 7.15. The van der Waals surface area contributed by atoms with E-state index in [0.717, 1.165) is 32.4 Å². The monoisotopic (exact) mass is 261 g/mol. The number of rotatable bonds is 12. The summed E-state index contributed by atoms with van der Waals surface area (Å²) in [5.41, 5.74) is -0.132. The van der Waals surface area contributed by atoms with Gasteiger partial charge in [-0.3, -0.25) is 0 Å². The summed E-state index contributed by atoms with van der Waals surface area (Å²) in [5, 5.41) is 12.9.